The Morgan fingerprint density at radius 2 is 2.44 bits per heavy atom. The van der Waals surface area contributed by atoms with Gasteiger partial charge in [-0.1, -0.05) is 6.58 Å². The fraction of sp³-hybridized carbons (Fsp3) is 0.667. The highest BCUT2D eigenvalue weighted by Gasteiger charge is 2.12. The summed E-state index contributed by atoms with van der Waals surface area (Å²) in [6.07, 6.45) is 1.53. The smallest absolute Gasteiger partial charge is 0.152 e. The molecule has 0 spiro atoms. The van der Waals surface area contributed by atoms with Crippen LogP contribution in [0.1, 0.15) is 0 Å². The van der Waals surface area contributed by atoms with Gasteiger partial charge in [0.25, 0.3) is 0 Å². The first-order valence-electron chi connectivity index (χ1n) is 2.89. The first kappa shape index (κ1) is 7.35. The van der Waals surface area contributed by atoms with E-state index in [-0.39, 0.29) is 0 Å². The van der Waals surface area contributed by atoms with Crippen molar-refractivity contribution in [2.45, 2.75) is 5.44 Å². The van der Waals surface area contributed by atoms with Gasteiger partial charge in [0.1, 0.15) is 0 Å². The fourth-order valence-corrected chi connectivity index (χ4v) is 3.04. The molecular formula is C6H10OS2. The monoisotopic (exact) mass is 162 g/mol. The molecule has 0 saturated carbocycles. The third-order valence-corrected chi connectivity index (χ3v) is 3.62. The molecule has 1 saturated heterocycles. The molecule has 52 valence electrons. The van der Waals surface area contributed by atoms with Gasteiger partial charge in [-0.15, -0.1) is 11.8 Å². The molecule has 0 amide bonds. The van der Waals surface area contributed by atoms with Gasteiger partial charge >= 0.3 is 0 Å². The van der Waals surface area contributed by atoms with Crippen molar-refractivity contribution in [3.63, 3.8) is 0 Å². The molecule has 0 N–H and O–H groups in total. The molecule has 0 aliphatic carbocycles. The van der Waals surface area contributed by atoms with E-state index in [0.717, 1.165) is 5.75 Å². The van der Waals surface area contributed by atoms with Gasteiger partial charge in [0.2, 0.25) is 0 Å². The standard InChI is InChI=1S/C6H10OS2/c1-2-7-6-5-8-3-4-9-6/h2,6H,1,3-5H2. The van der Waals surface area contributed by atoms with Crippen molar-refractivity contribution >= 4 is 23.5 Å². The third kappa shape index (κ3) is 2.54. The average Bonchev–Trinajstić information content (AvgIpc) is 1.91. The van der Waals surface area contributed by atoms with Crippen LogP contribution in [0.15, 0.2) is 12.8 Å². The lowest BCUT2D eigenvalue weighted by Gasteiger charge is -2.19. The number of hydrogen-bond acceptors (Lipinski definition) is 3. The Balaban J connectivity index is 2.15. The first-order chi connectivity index (χ1) is 4.43. The molecule has 0 aromatic heterocycles. The minimum atomic E-state index is 0.362. The van der Waals surface area contributed by atoms with Crippen molar-refractivity contribution in [2.24, 2.45) is 0 Å². The predicted octanol–water partition coefficient (Wildman–Crippen LogP) is 1.95. The van der Waals surface area contributed by atoms with Crippen LogP contribution in [0.3, 0.4) is 0 Å². The molecule has 0 aromatic carbocycles. The molecule has 1 fully saturated rings. The fourth-order valence-electron chi connectivity index (χ4n) is 0.652. The summed E-state index contributed by atoms with van der Waals surface area (Å²) in [6, 6.07) is 0. The van der Waals surface area contributed by atoms with E-state index in [1.54, 1.807) is 0 Å². The molecular weight excluding hydrogens is 152 g/mol. The van der Waals surface area contributed by atoms with Gasteiger partial charge in [0.05, 0.1) is 6.26 Å². The van der Waals surface area contributed by atoms with Gasteiger partial charge in [-0.2, -0.15) is 11.8 Å². The topological polar surface area (TPSA) is 9.23 Å². The molecule has 1 unspecified atom stereocenters. The number of ether oxygens (including phenoxy) is 1. The zero-order chi connectivity index (χ0) is 6.53. The predicted molar refractivity (Wildman–Crippen MR) is 44.9 cm³/mol. The number of rotatable bonds is 2. The number of hydrogen-bond donors (Lipinski definition) is 0. The lowest BCUT2D eigenvalue weighted by molar-refractivity contribution is 0.243. The maximum absolute atomic E-state index is 5.19. The summed E-state index contributed by atoms with van der Waals surface area (Å²) >= 11 is 3.82. The summed E-state index contributed by atoms with van der Waals surface area (Å²) in [5.74, 6) is 3.58. The second kappa shape index (κ2) is 4.12. The lowest BCUT2D eigenvalue weighted by Crippen LogP contribution is -2.14. The quantitative estimate of drug-likeness (QED) is 0.574. The van der Waals surface area contributed by atoms with E-state index < -0.39 is 0 Å². The average molecular weight is 162 g/mol. The summed E-state index contributed by atoms with van der Waals surface area (Å²) in [6.45, 7) is 3.51. The highest BCUT2D eigenvalue weighted by atomic mass is 32.2. The van der Waals surface area contributed by atoms with Crippen molar-refractivity contribution in [3.05, 3.63) is 12.8 Å². The highest BCUT2D eigenvalue weighted by molar-refractivity contribution is 8.06. The second-order valence-corrected chi connectivity index (χ2v) is 4.10. The normalized spacial score (nSPS) is 27.3. The second-order valence-electron chi connectivity index (χ2n) is 1.68. The summed E-state index contributed by atoms with van der Waals surface area (Å²) in [5.41, 5.74) is 0.362. The minimum Gasteiger partial charge on any atom is -0.487 e. The molecule has 1 nitrogen and oxygen atoms in total. The molecule has 1 aliphatic rings. The Morgan fingerprint density at radius 1 is 1.56 bits per heavy atom. The van der Waals surface area contributed by atoms with Crippen molar-refractivity contribution < 1.29 is 4.74 Å². The molecule has 1 atom stereocenters. The van der Waals surface area contributed by atoms with E-state index in [4.69, 9.17) is 4.74 Å². The van der Waals surface area contributed by atoms with Crippen LogP contribution >= 0.6 is 23.5 Å². The van der Waals surface area contributed by atoms with Crippen molar-refractivity contribution in [1.82, 2.24) is 0 Å². The molecule has 9 heavy (non-hydrogen) atoms. The van der Waals surface area contributed by atoms with E-state index in [9.17, 15) is 0 Å². The van der Waals surface area contributed by atoms with E-state index in [1.807, 2.05) is 23.5 Å². The minimum absolute atomic E-state index is 0.362. The van der Waals surface area contributed by atoms with E-state index in [0.29, 0.717) is 5.44 Å². The summed E-state index contributed by atoms with van der Waals surface area (Å²) in [4.78, 5) is 0. The molecule has 3 heteroatoms. The van der Waals surface area contributed by atoms with Gasteiger partial charge in [-0.05, 0) is 0 Å². The largest absolute Gasteiger partial charge is 0.487 e. The van der Waals surface area contributed by atoms with Crippen molar-refractivity contribution in [2.75, 3.05) is 17.3 Å². The summed E-state index contributed by atoms with van der Waals surface area (Å²) in [5, 5.41) is 0. The zero-order valence-electron chi connectivity index (χ0n) is 5.21. The van der Waals surface area contributed by atoms with Crippen LogP contribution in [-0.2, 0) is 4.74 Å². The Morgan fingerprint density at radius 3 is 3.00 bits per heavy atom. The van der Waals surface area contributed by atoms with Crippen LogP contribution in [0.5, 0.6) is 0 Å². The zero-order valence-corrected chi connectivity index (χ0v) is 6.84. The lowest BCUT2D eigenvalue weighted by atomic mass is 10.8. The van der Waals surface area contributed by atoms with Crippen molar-refractivity contribution in [3.8, 4) is 0 Å². The van der Waals surface area contributed by atoms with E-state index in [1.165, 1.54) is 17.8 Å². The Labute approximate surface area is 64.2 Å². The van der Waals surface area contributed by atoms with Gasteiger partial charge in [0, 0.05) is 17.3 Å². The van der Waals surface area contributed by atoms with Crippen LogP contribution in [0, 0.1) is 0 Å². The Hall–Kier alpha value is 0.240. The molecule has 0 aromatic rings. The maximum Gasteiger partial charge on any atom is 0.152 e. The van der Waals surface area contributed by atoms with Crippen LogP contribution in [0.25, 0.3) is 0 Å². The summed E-state index contributed by atoms with van der Waals surface area (Å²) < 4.78 is 5.19. The number of thioether (sulfide) groups is 2. The van der Waals surface area contributed by atoms with Gasteiger partial charge < -0.3 is 4.74 Å². The SMILES string of the molecule is C=COC1CSCCS1. The van der Waals surface area contributed by atoms with Crippen molar-refractivity contribution in [1.29, 1.82) is 0 Å². The van der Waals surface area contributed by atoms with Crippen LogP contribution in [0.2, 0.25) is 0 Å². The molecule has 0 radical (unpaired) electrons. The Kier molecular flexibility index (Phi) is 3.36. The highest BCUT2D eigenvalue weighted by Crippen LogP contribution is 2.24. The van der Waals surface area contributed by atoms with Gasteiger partial charge in [-0.3, -0.25) is 0 Å². The van der Waals surface area contributed by atoms with Crippen LogP contribution < -0.4 is 0 Å². The molecule has 1 heterocycles. The molecule has 1 aliphatic heterocycles. The first-order valence-corrected chi connectivity index (χ1v) is 5.09. The van der Waals surface area contributed by atoms with Crippen LogP contribution in [0.4, 0.5) is 0 Å². The van der Waals surface area contributed by atoms with E-state index >= 15 is 0 Å². The maximum atomic E-state index is 5.19. The summed E-state index contributed by atoms with van der Waals surface area (Å²) in [7, 11) is 0. The van der Waals surface area contributed by atoms with Crippen LogP contribution in [-0.4, -0.2) is 22.7 Å². The molecule has 1 rings (SSSR count). The van der Waals surface area contributed by atoms with Gasteiger partial charge in [0.15, 0.2) is 5.44 Å². The molecule has 0 bridgehead atoms. The Bertz CT molecular complexity index is 89.1. The van der Waals surface area contributed by atoms with E-state index in [2.05, 4.69) is 6.58 Å². The third-order valence-electron chi connectivity index (χ3n) is 1.03. The van der Waals surface area contributed by atoms with Gasteiger partial charge in [-0.25, -0.2) is 0 Å².